The second kappa shape index (κ2) is 5.37. The molecule has 106 valence electrons. The Morgan fingerprint density at radius 3 is 2.90 bits per heavy atom. The zero-order chi connectivity index (χ0) is 14.8. The second-order valence-corrected chi connectivity index (χ2v) is 4.74. The second-order valence-electron chi connectivity index (χ2n) is 4.33. The Morgan fingerprint density at radius 2 is 2.10 bits per heavy atom. The minimum atomic E-state index is -0.236. The van der Waals surface area contributed by atoms with E-state index in [0.717, 1.165) is 0 Å². The van der Waals surface area contributed by atoms with Gasteiger partial charge in [-0.1, -0.05) is 23.7 Å². The van der Waals surface area contributed by atoms with Crippen molar-refractivity contribution in [2.24, 2.45) is 0 Å². The van der Waals surface area contributed by atoms with Crippen LogP contribution in [0.25, 0.3) is 11.2 Å². The third-order valence-corrected chi connectivity index (χ3v) is 3.22. The predicted octanol–water partition coefficient (Wildman–Crippen LogP) is 1.70. The maximum absolute atomic E-state index is 12.1. The Morgan fingerprint density at radius 1 is 1.29 bits per heavy atom. The van der Waals surface area contributed by atoms with E-state index in [1.165, 1.54) is 12.7 Å². The molecule has 0 spiro atoms. The van der Waals surface area contributed by atoms with Gasteiger partial charge in [-0.2, -0.15) is 0 Å². The van der Waals surface area contributed by atoms with Crippen molar-refractivity contribution < 1.29 is 4.79 Å². The summed E-state index contributed by atoms with van der Waals surface area (Å²) in [6, 6.07) is 7.02. The van der Waals surface area contributed by atoms with Crippen LogP contribution in [-0.4, -0.2) is 25.4 Å². The number of para-hydroxylation sites is 1. The Bertz CT molecular complexity index is 815. The highest BCUT2D eigenvalue weighted by Gasteiger charge is 2.11. The highest BCUT2D eigenvalue weighted by atomic mass is 35.5. The minimum absolute atomic E-state index is 0.0537. The average Bonchev–Trinajstić information content (AvgIpc) is 2.86. The molecular formula is C13H11ClN6O. The first-order chi connectivity index (χ1) is 10.1. The maximum atomic E-state index is 12.1. The van der Waals surface area contributed by atoms with Crippen molar-refractivity contribution in [3.05, 3.63) is 41.9 Å². The third kappa shape index (κ3) is 2.63. The van der Waals surface area contributed by atoms with Crippen LogP contribution >= 0.6 is 11.6 Å². The predicted molar refractivity (Wildman–Crippen MR) is 79.8 cm³/mol. The molecule has 0 fully saturated rings. The summed E-state index contributed by atoms with van der Waals surface area (Å²) in [4.78, 5) is 24.1. The number of carbonyl (C=O) groups is 1. The van der Waals surface area contributed by atoms with Gasteiger partial charge in [0.2, 0.25) is 5.91 Å². The Labute approximate surface area is 124 Å². The van der Waals surface area contributed by atoms with Crippen molar-refractivity contribution in [2.75, 3.05) is 11.1 Å². The summed E-state index contributed by atoms with van der Waals surface area (Å²) < 4.78 is 1.60. The van der Waals surface area contributed by atoms with E-state index >= 15 is 0 Å². The number of hydrogen-bond donors (Lipinski definition) is 2. The third-order valence-electron chi connectivity index (χ3n) is 2.89. The number of nitrogens with two attached hydrogens (primary N) is 1. The fraction of sp³-hybridized carbons (Fsp3) is 0.0769. The number of nitrogens with zero attached hydrogens (tertiary/aromatic N) is 4. The van der Waals surface area contributed by atoms with Gasteiger partial charge in [0, 0.05) is 0 Å². The number of nitrogens with one attached hydrogen (secondary N) is 1. The summed E-state index contributed by atoms with van der Waals surface area (Å²) in [7, 11) is 0. The number of fused-ring (bicyclic) bond motifs is 1. The molecular weight excluding hydrogens is 292 g/mol. The van der Waals surface area contributed by atoms with E-state index in [4.69, 9.17) is 17.3 Å². The molecule has 2 aromatic heterocycles. The zero-order valence-electron chi connectivity index (χ0n) is 10.8. The van der Waals surface area contributed by atoms with Crippen LogP contribution in [0.3, 0.4) is 0 Å². The normalized spacial score (nSPS) is 10.7. The summed E-state index contributed by atoms with van der Waals surface area (Å²) in [5.74, 6) is 0.0462. The fourth-order valence-corrected chi connectivity index (χ4v) is 2.10. The number of imidazole rings is 1. The Balaban J connectivity index is 1.81. The molecule has 0 bridgehead atoms. The van der Waals surface area contributed by atoms with E-state index in [2.05, 4.69) is 20.3 Å². The van der Waals surface area contributed by atoms with Crippen LogP contribution in [0.5, 0.6) is 0 Å². The molecule has 0 aliphatic heterocycles. The van der Waals surface area contributed by atoms with E-state index in [1.807, 2.05) is 0 Å². The first-order valence-electron chi connectivity index (χ1n) is 6.11. The van der Waals surface area contributed by atoms with Crippen LogP contribution < -0.4 is 11.1 Å². The minimum Gasteiger partial charge on any atom is -0.382 e. The van der Waals surface area contributed by atoms with Gasteiger partial charge in [0.05, 0.1) is 17.0 Å². The van der Waals surface area contributed by atoms with E-state index in [0.29, 0.717) is 21.9 Å². The van der Waals surface area contributed by atoms with Gasteiger partial charge < -0.3 is 15.6 Å². The maximum Gasteiger partial charge on any atom is 0.244 e. The molecule has 3 aromatic rings. The fourth-order valence-electron chi connectivity index (χ4n) is 1.92. The number of anilines is 2. The molecule has 7 nitrogen and oxygen atoms in total. The molecule has 1 amide bonds. The van der Waals surface area contributed by atoms with Crippen LogP contribution in [0.15, 0.2) is 36.9 Å². The number of carbonyl (C=O) groups excluding carboxylic acids is 1. The van der Waals surface area contributed by atoms with Gasteiger partial charge in [-0.15, -0.1) is 0 Å². The summed E-state index contributed by atoms with van der Waals surface area (Å²) in [6.07, 6.45) is 2.84. The van der Waals surface area contributed by atoms with E-state index in [9.17, 15) is 4.79 Å². The van der Waals surface area contributed by atoms with Gasteiger partial charge in [0.1, 0.15) is 18.4 Å². The van der Waals surface area contributed by atoms with Crippen molar-refractivity contribution in [1.29, 1.82) is 0 Å². The van der Waals surface area contributed by atoms with E-state index < -0.39 is 0 Å². The molecule has 0 aliphatic rings. The molecule has 0 aliphatic carbocycles. The van der Waals surface area contributed by atoms with Crippen LogP contribution in [0.1, 0.15) is 0 Å². The van der Waals surface area contributed by atoms with Crippen LogP contribution in [-0.2, 0) is 11.3 Å². The summed E-state index contributed by atoms with van der Waals surface area (Å²) >= 11 is 6.00. The molecule has 8 heteroatoms. The topological polar surface area (TPSA) is 98.7 Å². The van der Waals surface area contributed by atoms with Gasteiger partial charge >= 0.3 is 0 Å². The Hall–Kier alpha value is -2.67. The van der Waals surface area contributed by atoms with Crippen molar-refractivity contribution >= 4 is 40.2 Å². The molecule has 0 saturated carbocycles. The first-order valence-corrected chi connectivity index (χ1v) is 6.48. The van der Waals surface area contributed by atoms with Gasteiger partial charge in [-0.05, 0) is 12.1 Å². The zero-order valence-corrected chi connectivity index (χ0v) is 11.6. The number of nitrogen functional groups attached to an aromatic ring is 1. The molecule has 1 aromatic carbocycles. The molecule has 21 heavy (non-hydrogen) atoms. The van der Waals surface area contributed by atoms with Gasteiger partial charge in [-0.3, -0.25) is 4.79 Å². The van der Waals surface area contributed by atoms with Crippen LogP contribution in [0.2, 0.25) is 5.02 Å². The van der Waals surface area contributed by atoms with Gasteiger partial charge in [-0.25, -0.2) is 15.0 Å². The lowest BCUT2D eigenvalue weighted by molar-refractivity contribution is -0.116. The SMILES string of the molecule is Nc1ncnc2c1ncn2CC(=O)Nc1ccccc1Cl. The molecule has 0 radical (unpaired) electrons. The van der Waals surface area contributed by atoms with Crippen molar-refractivity contribution in [1.82, 2.24) is 19.5 Å². The number of halogens is 1. The number of benzene rings is 1. The van der Waals surface area contributed by atoms with Crippen molar-refractivity contribution in [3.8, 4) is 0 Å². The highest BCUT2D eigenvalue weighted by Crippen LogP contribution is 2.20. The number of aromatic nitrogens is 4. The van der Waals surface area contributed by atoms with Crippen molar-refractivity contribution in [2.45, 2.75) is 6.54 Å². The van der Waals surface area contributed by atoms with Gasteiger partial charge in [0.15, 0.2) is 11.5 Å². The van der Waals surface area contributed by atoms with E-state index in [1.54, 1.807) is 28.8 Å². The number of rotatable bonds is 3. The summed E-state index contributed by atoms with van der Waals surface area (Å²) in [6.45, 7) is 0.0537. The molecule has 3 rings (SSSR count). The van der Waals surface area contributed by atoms with Gasteiger partial charge in [0.25, 0.3) is 0 Å². The summed E-state index contributed by atoms with van der Waals surface area (Å²) in [5.41, 5.74) is 7.24. The number of amides is 1. The molecule has 0 atom stereocenters. The quantitative estimate of drug-likeness (QED) is 0.767. The van der Waals surface area contributed by atoms with Crippen LogP contribution in [0, 0.1) is 0 Å². The van der Waals surface area contributed by atoms with Crippen molar-refractivity contribution in [3.63, 3.8) is 0 Å². The monoisotopic (exact) mass is 302 g/mol. The van der Waals surface area contributed by atoms with Crippen LogP contribution in [0.4, 0.5) is 11.5 Å². The molecule has 0 unspecified atom stereocenters. The lowest BCUT2D eigenvalue weighted by atomic mass is 10.3. The lowest BCUT2D eigenvalue weighted by Crippen LogP contribution is -2.18. The smallest absolute Gasteiger partial charge is 0.244 e. The van der Waals surface area contributed by atoms with E-state index in [-0.39, 0.29) is 18.3 Å². The largest absolute Gasteiger partial charge is 0.382 e. The Kier molecular flexibility index (Phi) is 3.41. The average molecular weight is 303 g/mol. The standard InChI is InChI=1S/C13H11ClN6O/c14-8-3-1-2-4-9(8)19-10(21)5-20-7-18-11-12(15)16-6-17-13(11)20/h1-4,6-7H,5H2,(H,19,21)(H2,15,16,17). The molecule has 2 heterocycles. The summed E-state index contributed by atoms with van der Waals surface area (Å²) in [5, 5.41) is 3.21. The molecule has 3 N–H and O–H groups in total. The number of hydrogen-bond acceptors (Lipinski definition) is 5. The molecule has 0 saturated heterocycles. The first kappa shape index (κ1) is 13.3. The highest BCUT2D eigenvalue weighted by molar-refractivity contribution is 6.33. The lowest BCUT2D eigenvalue weighted by Gasteiger charge is -2.07.